The summed E-state index contributed by atoms with van der Waals surface area (Å²) < 4.78 is 27.8. The van der Waals surface area contributed by atoms with Crippen molar-refractivity contribution in [3.63, 3.8) is 0 Å². The van der Waals surface area contributed by atoms with E-state index in [4.69, 9.17) is 0 Å². The van der Waals surface area contributed by atoms with Crippen LogP contribution in [0.2, 0.25) is 0 Å². The van der Waals surface area contributed by atoms with Gasteiger partial charge in [-0.2, -0.15) is 5.10 Å². The van der Waals surface area contributed by atoms with Crippen LogP contribution in [0.4, 0.5) is 8.78 Å². The van der Waals surface area contributed by atoms with Crippen LogP contribution in [-0.4, -0.2) is 50.0 Å². The molecule has 0 unspecified atom stereocenters. The third-order valence-corrected chi connectivity index (χ3v) is 4.38. The maximum Gasteiger partial charge on any atom is 0.278 e. The number of hydrogen-bond acceptors (Lipinski definition) is 4. The Morgan fingerprint density at radius 2 is 2.17 bits per heavy atom. The van der Waals surface area contributed by atoms with Gasteiger partial charge in [0.25, 0.3) is 5.91 Å². The van der Waals surface area contributed by atoms with E-state index in [9.17, 15) is 23.8 Å². The second-order valence-electron chi connectivity index (χ2n) is 5.92. The van der Waals surface area contributed by atoms with E-state index in [1.807, 2.05) is 6.92 Å². The van der Waals surface area contributed by atoms with Crippen molar-refractivity contribution in [3.05, 3.63) is 41.7 Å². The van der Waals surface area contributed by atoms with Crippen LogP contribution in [0.25, 0.3) is 5.69 Å². The summed E-state index contributed by atoms with van der Waals surface area (Å²) in [6.45, 7) is 2.20. The first kappa shape index (κ1) is 16.4. The van der Waals surface area contributed by atoms with E-state index in [1.165, 1.54) is 11.0 Å². The van der Waals surface area contributed by atoms with Crippen LogP contribution in [-0.2, 0) is 0 Å². The zero-order valence-electron chi connectivity index (χ0n) is 13.0. The number of rotatable bonds is 3. The standard InChI is InChI=1S/C16H17F2N3O3/c1-9-4-5-20(13(9)8-22)16(24)15-14(23)7-21(19-15)12-3-2-10(17)6-11(12)18/h2-3,6-7,9,13,22-23H,4-5,8H2,1H3/t9-,13-/m0/s1. The lowest BCUT2D eigenvalue weighted by molar-refractivity contribution is 0.0639. The van der Waals surface area contributed by atoms with Crippen molar-refractivity contribution in [2.75, 3.05) is 13.2 Å². The minimum absolute atomic E-state index is 0.0840. The number of aromatic hydroxyl groups is 1. The topological polar surface area (TPSA) is 78.6 Å². The molecule has 1 aliphatic heterocycles. The van der Waals surface area contributed by atoms with Gasteiger partial charge in [0.15, 0.2) is 17.3 Å². The number of benzene rings is 1. The molecule has 1 aliphatic rings. The zero-order valence-corrected chi connectivity index (χ0v) is 13.0. The van der Waals surface area contributed by atoms with Crippen molar-refractivity contribution in [1.29, 1.82) is 0 Å². The monoisotopic (exact) mass is 337 g/mol. The van der Waals surface area contributed by atoms with E-state index >= 15 is 0 Å². The van der Waals surface area contributed by atoms with Gasteiger partial charge in [-0.05, 0) is 24.5 Å². The molecule has 1 amide bonds. The number of aromatic nitrogens is 2. The van der Waals surface area contributed by atoms with Crippen LogP contribution in [0.3, 0.4) is 0 Å². The predicted molar refractivity (Wildman–Crippen MR) is 80.8 cm³/mol. The van der Waals surface area contributed by atoms with Crippen LogP contribution in [0.5, 0.6) is 5.75 Å². The van der Waals surface area contributed by atoms with Gasteiger partial charge >= 0.3 is 0 Å². The molecule has 3 rings (SSSR count). The molecule has 6 nitrogen and oxygen atoms in total. The van der Waals surface area contributed by atoms with Gasteiger partial charge in [0.1, 0.15) is 11.5 Å². The minimum atomic E-state index is -0.862. The van der Waals surface area contributed by atoms with Crippen LogP contribution < -0.4 is 0 Å². The van der Waals surface area contributed by atoms with Gasteiger partial charge in [-0.25, -0.2) is 13.5 Å². The highest BCUT2D eigenvalue weighted by Crippen LogP contribution is 2.28. The Morgan fingerprint density at radius 1 is 1.42 bits per heavy atom. The summed E-state index contributed by atoms with van der Waals surface area (Å²) in [6, 6.07) is 2.58. The minimum Gasteiger partial charge on any atom is -0.504 e. The summed E-state index contributed by atoms with van der Waals surface area (Å²) in [5.74, 6) is -2.39. The first-order valence-electron chi connectivity index (χ1n) is 7.58. The number of aliphatic hydroxyl groups is 1. The molecule has 1 fully saturated rings. The third kappa shape index (κ3) is 2.73. The van der Waals surface area contributed by atoms with Crippen LogP contribution >= 0.6 is 0 Å². The molecule has 1 aromatic heterocycles. The molecule has 2 heterocycles. The molecule has 2 N–H and O–H groups in total. The Morgan fingerprint density at radius 3 is 2.83 bits per heavy atom. The van der Waals surface area contributed by atoms with Gasteiger partial charge < -0.3 is 15.1 Å². The molecule has 0 bridgehead atoms. The molecule has 0 radical (unpaired) electrons. The maximum absolute atomic E-state index is 13.8. The second-order valence-corrected chi connectivity index (χ2v) is 5.92. The molecule has 2 aromatic rings. The average Bonchev–Trinajstić information content (AvgIpc) is 3.09. The summed E-state index contributed by atoms with van der Waals surface area (Å²) in [6.07, 6.45) is 1.84. The summed E-state index contributed by atoms with van der Waals surface area (Å²) in [5, 5.41) is 23.4. The molecule has 0 aliphatic carbocycles. The highest BCUT2D eigenvalue weighted by Gasteiger charge is 2.36. The third-order valence-electron chi connectivity index (χ3n) is 4.38. The number of nitrogens with zero attached hydrogens (tertiary/aromatic N) is 3. The molecule has 128 valence electrons. The molecule has 1 aromatic carbocycles. The smallest absolute Gasteiger partial charge is 0.278 e. The number of hydrogen-bond donors (Lipinski definition) is 2. The number of aliphatic hydroxyl groups excluding tert-OH is 1. The maximum atomic E-state index is 13.8. The predicted octanol–water partition coefficient (Wildman–Crippen LogP) is 1.70. The SMILES string of the molecule is C[C@H]1CCN(C(=O)c2nn(-c3ccc(F)cc3F)cc2O)[C@H]1CO. The highest BCUT2D eigenvalue weighted by atomic mass is 19.1. The van der Waals surface area contributed by atoms with Gasteiger partial charge in [0.2, 0.25) is 0 Å². The number of amides is 1. The first-order valence-corrected chi connectivity index (χ1v) is 7.58. The first-order chi connectivity index (χ1) is 11.4. The van der Waals surface area contributed by atoms with Crippen molar-refractivity contribution < 1.29 is 23.8 Å². The Balaban J connectivity index is 1.93. The molecular formula is C16H17F2N3O3. The molecular weight excluding hydrogens is 320 g/mol. The van der Waals surface area contributed by atoms with Gasteiger partial charge in [-0.1, -0.05) is 6.92 Å². The number of likely N-dealkylation sites (tertiary alicyclic amines) is 1. The lowest BCUT2D eigenvalue weighted by Crippen LogP contribution is -2.40. The largest absolute Gasteiger partial charge is 0.504 e. The summed E-state index contributed by atoms with van der Waals surface area (Å²) in [7, 11) is 0. The van der Waals surface area contributed by atoms with Crippen LogP contribution in [0.15, 0.2) is 24.4 Å². The summed E-state index contributed by atoms with van der Waals surface area (Å²) >= 11 is 0. The van der Waals surface area contributed by atoms with E-state index in [0.29, 0.717) is 12.6 Å². The van der Waals surface area contributed by atoms with E-state index in [1.54, 1.807) is 0 Å². The zero-order chi connectivity index (χ0) is 17.4. The normalized spacial score (nSPS) is 20.6. The van der Waals surface area contributed by atoms with Crippen LogP contribution in [0, 0.1) is 17.6 Å². The van der Waals surface area contributed by atoms with Crippen molar-refractivity contribution in [2.24, 2.45) is 5.92 Å². The number of carbonyl (C=O) groups excluding carboxylic acids is 1. The van der Waals surface area contributed by atoms with E-state index in [-0.39, 0.29) is 29.9 Å². The number of carbonyl (C=O) groups is 1. The fraction of sp³-hybridized carbons (Fsp3) is 0.375. The molecule has 0 spiro atoms. The fourth-order valence-electron chi connectivity index (χ4n) is 2.98. The Hall–Kier alpha value is -2.48. The molecule has 8 heteroatoms. The van der Waals surface area contributed by atoms with Crippen LogP contribution in [0.1, 0.15) is 23.8 Å². The van der Waals surface area contributed by atoms with Gasteiger partial charge in [0, 0.05) is 12.6 Å². The van der Waals surface area contributed by atoms with E-state index in [2.05, 4.69) is 5.10 Å². The summed E-state index contributed by atoms with van der Waals surface area (Å²) in [4.78, 5) is 14.0. The van der Waals surface area contributed by atoms with Crippen molar-refractivity contribution >= 4 is 5.91 Å². The number of halogens is 2. The highest BCUT2D eigenvalue weighted by molar-refractivity contribution is 5.95. The Bertz CT molecular complexity index is 778. The Kier molecular flexibility index (Phi) is 4.23. The second kappa shape index (κ2) is 6.20. The molecule has 0 saturated carbocycles. The fourth-order valence-corrected chi connectivity index (χ4v) is 2.98. The lowest BCUT2D eigenvalue weighted by atomic mass is 10.0. The Labute approximate surface area is 136 Å². The van der Waals surface area contributed by atoms with Crippen molar-refractivity contribution in [2.45, 2.75) is 19.4 Å². The molecule has 24 heavy (non-hydrogen) atoms. The van der Waals surface area contributed by atoms with E-state index < -0.39 is 23.3 Å². The lowest BCUT2D eigenvalue weighted by Gasteiger charge is -2.24. The molecule has 1 saturated heterocycles. The average molecular weight is 337 g/mol. The van der Waals surface area contributed by atoms with Gasteiger partial charge in [-0.15, -0.1) is 0 Å². The molecule has 2 atom stereocenters. The van der Waals surface area contributed by atoms with E-state index in [0.717, 1.165) is 23.4 Å². The summed E-state index contributed by atoms with van der Waals surface area (Å²) in [5.41, 5.74) is -0.314. The van der Waals surface area contributed by atoms with Gasteiger partial charge in [-0.3, -0.25) is 4.79 Å². The quantitative estimate of drug-likeness (QED) is 0.894. The van der Waals surface area contributed by atoms with Gasteiger partial charge in [0.05, 0.1) is 18.8 Å². The van der Waals surface area contributed by atoms with Crippen molar-refractivity contribution in [3.8, 4) is 11.4 Å². The van der Waals surface area contributed by atoms with Crippen molar-refractivity contribution in [1.82, 2.24) is 14.7 Å².